The van der Waals surface area contributed by atoms with E-state index in [4.69, 9.17) is 0 Å². The predicted octanol–water partition coefficient (Wildman–Crippen LogP) is 2.60. The highest BCUT2D eigenvalue weighted by Gasteiger charge is 2.23. The summed E-state index contributed by atoms with van der Waals surface area (Å²) in [4.78, 5) is 31.8. The normalized spacial score (nSPS) is 14.0. The third-order valence-corrected chi connectivity index (χ3v) is 4.88. The molecular weight excluding hydrogens is 352 g/mol. The Morgan fingerprint density at radius 1 is 0.893 bits per heavy atom. The first-order valence-corrected chi connectivity index (χ1v) is 9.28. The molecule has 0 atom stereocenters. The molecular formula is C21H22N6O. The third-order valence-electron chi connectivity index (χ3n) is 4.88. The first-order valence-electron chi connectivity index (χ1n) is 9.28. The number of carbonyl (C=O) groups excluding carboxylic acids is 1. The van der Waals surface area contributed by atoms with Crippen LogP contribution in [0.5, 0.6) is 0 Å². The average Bonchev–Trinajstić information content (AvgIpc) is 2.79. The van der Waals surface area contributed by atoms with Crippen LogP contribution >= 0.6 is 0 Å². The van der Waals surface area contributed by atoms with E-state index in [1.165, 1.54) is 0 Å². The molecule has 0 aliphatic carbocycles. The van der Waals surface area contributed by atoms with Gasteiger partial charge in [0.1, 0.15) is 5.82 Å². The van der Waals surface area contributed by atoms with Gasteiger partial charge >= 0.3 is 0 Å². The van der Waals surface area contributed by atoms with Crippen LogP contribution in [0.2, 0.25) is 0 Å². The van der Waals surface area contributed by atoms with Gasteiger partial charge in [0, 0.05) is 57.5 Å². The van der Waals surface area contributed by atoms with Gasteiger partial charge in [0.2, 0.25) is 5.95 Å². The Morgan fingerprint density at radius 3 is 2.25 bits per heavy atom. The Bertz CT molecular complexity index is 909. The lowest BCUT2D eigenvalue weighted by atomic mass is 10.2. The van der Waals surface area contributed by atoms with Crippen LogP contribution in [0.15, 0.2) is 67.1 Å². The molecule has 0 N–H and O–H groups in total. The Balaban J connectivity index is 1.39. The molecule has 7 heteroatoms. The third kappa shape index (κ3) is 3.78. The number of hydrogen-bond acceptors (Lipinski definition) is 6. The van der Waals surface area contributed by atoms with Gasteiger partial charge in [-0.15, -0.1) is 0 Å². The van der Waals surface area contributed by atoms with E-state index in [-0.39, 0.29) is 5.91 Å². The van der Waals surface area contributed by atoms with Gasteiger partial charge in [-0.25, -0.2) is 15.0 Å². The zero-order valence-electron chi connectivity index (χ0n) is 15.8. The lowest BCUT2D eigenvalue weighted by molar-refractivity contribution is 0.0746. The van der Waals surface area contributed by atoms with E-state index in [0.717, 1.165) is 24.6 Å². The van der Waals surface area contributed by atoms with Crippen molar-refractivity contribution in [2.24, 2.45) is 0 Å². The number of amides is 1. The molecule has 0 radical (unpaired) electrons. The Kier molecular flexibility index (Phi) is 5.14. The first kappa shape index (κ1) is 17.9. The number of hydrogen-bond donors (Lipinski definition) is 0. The van der Waals surface area contributed by atoms with Gasteiger partial charge in [-0.1, -0.05) is 18.2 Å². The Labute approximate surface area is 164 Å². The minimum absolute atomic E-state index is 0.00930. The van der Waals surface area contributed by atoms with Gasteiger partial charge in [-0.05, 0) is 30.3 Å². The fourth-order valence-corrected chi connectivity index (χ4v) is 3.24. The maximum Gasteiger partial charge on any atom is 0.255 e. The number of aromatic nitrogens is 3. The summed E-state index contributed by atoms with van der Waals surface area (Å²) < 4.78 is 0. The minimum Gasteiger partial charge on any atom is -0.337 e. The van der Waals surface area contributed by atoms with Crippen molar-refractivity contribution < 1.29 is 4.79 Å². The van der Waals surface area contributed by atoms with E-state index in [1.807, 2.05) is 59.3 Å². The number of pyridine rings is 1. The summed E-state index contributed by atoms with van der Waals surface area (Å²) in [7, 11) is 1.96. The zero-order valence-corrected chi connectivity index (χ0v) is 15.8. The SMILES string of the molecule is CN(c1ccccc1)c1ccc(C(=O)N2CCN(c3ncccn3)CC2)cn1. The van der Waals surface area contributed by atoms with E-state index in [2.05, 4.69) is 19.9 Å². The van der Waals surface area contributed by atoms with Crippen molar-refractivity contribution in [3.05, 3.63) is 72.7 Å². The predicted molar refractivity (Wildman–Crippen MR) is 109 cm³/mol. The number of carbonyl (C=O) groups is 1. The topological polar surface area (TPSA) is 65.5 Å². The van der Waals surface area contributed by atoms with Gasteiger partial charge in [-0.3, -0.25) is 4.79 Å². The molecule has 1 aromatic carbocycles. The van der Waals surface area contributed by atoms with Gasteiger partial charge < -0.3 is 14.7 Å². The number of rotatable bonds is 4. The molecule has 1 aliphatic heterocycles. The number of piperazine rings is 1. The maximum absolute atomic E-state index is 12.8. The quantitative estimate of drug-likeness (QED) is 0.699. The molecule has 28 heavy (non-hydrogen) atoms. The summed E-state index contributed by atoms with van der Waals surface area (Å²) in [6.45, 7) is 2.72. The fourth-order valence-electron chi connectivity index (χ4n) is 3.24. The van der Waals surface area contributed by atoms with Crippen LogP contribution in [-0.4, -0.2) is 59.0 Å². The summed E-state index contributed by atoms with van der Waals surface area (Å²) in [6, 6.07) is 15.5. The molecule has 0 spiro atoms. The second-order valence-corrected chi connectivity index (χ2v) is 6.63. The van der Waals surface area contributed by atoms with Crippen LogP contribution in [-0.2, 0) is 0 Å². The molecule has 0 unspecified atom stereocenters. The average molecular weight is 374 g/mol. The molecule has 7 nitrogen and oxygen atoms in total. The van der Waals surface area contributed by atoms with Gasteiger partial charge in [0.15, 0.2) is 0 Å². The summed E-state index contributed by atoms with van der Waals surface area (Å²) in [5, 5.41) is 0. The zero-order chi connectivity index (χ0) is 19.3. The lowest BCUT2D eigenvalue weighted by Gasteiger charge is -2.34. The molecule has 4 rings (SSSR count). The summed E-state index contributed by atoms with van der Waals surface area (Å²) in [5.41, 5.74) is 1.66. The fraction of sp³-hybridized carbons (Fsp3) is 0.238. The van der Waals surface area contributed by atoms with E-state index >= 15 is 0 Å². The Hall–Kier alpha value is -3.48. The van der Waals surface area contributed by atoms with Crippen LogP contribution in [0.3, 0.4) is 0 Å². The van der Waals surface area contributed by atoms with Crippen molar-refractivity contribution in [3.63, 3.8) is 0 Å². The molecule has 1 amide bonds. The highest BCUT2D eigenvalue weighted by atomic mass is 16.2. The number of para-hydroxylation sites is 1. The largest absolute Gasteiger partial charge is 0.337 e. The smallest absolute Gasteiger partial charge is 0.255 e. The monoisotopic (exact) mass is 374 g/mol. The van der Waals surface area contributed by atoms with Crippen LogP contribution < -0.4 is 9.80 Å². The van der Waals surface area contributed by atoms with E-state index in [9.17, 15) is 4.79 Å². The van der Waals surface area contributed by atoms with Gasteiger partial charge in [0.05, 0.1) is 5.56 Å². The van der Waals surface area contributed by atoms with Gasteiger partial charge in [-0.2, -0.15) is 0 Å². The summed E-state index contributed by atoms with van der Waals surface area (Å²) in [6.07, 6.45) is 5.13. The number of anilines is 3. The number of benzene rings is 1. The van der Waals surface area contributed by atoms with E-state index < -0.39 is 0 Å². The molecule has 1 fully saturated rings. The van der Waals surface area contributed by atoms with E-state index in [0.29, 0.717) is 24.6 Å². The van der Waals surface area contributed by atoms with Crippen LogP contribution in [0.25, 0.3) is 0 Å². The van der Waals surface area contributed by atoms with Crippen LogP contribution in [0.1, 0.15) is 10.4 Å². The minimum atomic E-state index is 0.00930. The van der Waals surface area contributed by atoms with Crippen molar-refractivity contribution in [2.75, 3.05) is 43.0 Å². The summed E-state index contributed by atoms with van der Waals surface area (Å²) >= 11 is 0. The van der Waals surface area contributed by atoms with Crippen molar-refractivity contribution in [3.8, 4) is 0 Å². The maximum atomic E-state index is 12.8. The van der Waals surface area contributed by atoms with Gasteiger partial charge in [0.25, 0.3) is 5.91 Å². The number of nitrogens with zero attached hydrogens (tertiary/aromatic N) is 6. The Morgan fingerprint density at radius 2 is 1.61 bits per heavy atom. The molecule has 0 bridgehead atoms. The van der Waals surface area contributed by atoms with E-state index in [1.54, 1.807) is 24.7 Å². The molecule has 142 valence electrons. The van der Waals surface area contributed by atoms with Crippen LogP contribution in [0, 0.1) is 0 Å². The molecule has 1 aliphatic rings. The summed E-state index contributed by atoms with van der Waals surface area (Å²) in [5.74, 6) is 1.52. The molecule has 3 heterocycles. The van der Waals surface area contributed by atoms with Crippen LogP contribution in [0.4, 0.5) is 17.5 Å². The standard InChI is InChI=1S/C21H22N6O/c1-25(18-6-3-2-4-7-18)19-9-8-17(16-24-19)20(28)26-12-14-27(15-13-26)21-22-10-5-11-23-21/h2-11,16H,12-15H2,1H3. The van der Waals surface area contributed by atoms with Crippen molar-refractivity contribution in [2.45, 2.75) is 0 Å². The second-order valence-electron chi connectivity index (χ2n) is 6.63. The second kappa shape index (κ2) is 8.04. The molecule has 2 aromatic heterocycles. The highest BCUT2D eigenvalue weighted by molar-refractivity contribution is 5.94. The first-order chi connectivity index (χ1) is 13.7. The molecule has 3 aromatic rings. The van der Waals surface area contributed by atoms with Crippen molar-refractivity contribution in [1.29, 1.82) is 0 Å². The lowest BCUT2D eigenvalue weighted by Crippen LogP contribution is -2.49. The molecule has 1 saturated heterocycles. The van der Waals surface area contributed by atoms with Crippen molar-refractivity contribution in [1.82, 2.24) is 19.9 Å². The highest BCUT2D eigenvalue weighted by Crippen LogP contribution is 2.21. The van der Waals surface area contributed by atoms with Crippen molar-refractivity contribution >= 4 is 23.4 Å². The molecule has 0 saturated carbocycles.